The van der Waals surface area contributed by atoms with E-state index in [1.165, 1.54) is 0 Å². The van der Waals surface area contributed by atoms with E-state index in [1.807, 2.05) is 24.7 Å². The van der Waals surface area contributed by atoms with Crippen molar-refractivity contribution in [3.63, 3.8) is 0 Å². The Morgan fingerprint density at radius 3 is 2.75 bits per heavy atom. The normalized spacial score (nSPS) is 10.5. The fraction of sp³-hybridized carbons (Fsp3) is 0.286. The van der Waals surface area contributed by atoms with Crippen molar-refractivity contribution in [2.24, 2.45) is 7.05 Å². The van der Waals surface area contributed by atoms with Crippen LogP contribution in [0.4, 0.5) is 0 Å². The third kappa shape index (κ3) is 0.990. The molecule has 0 aliphatic carbocycles. The van der Waals surface area contributed by atoms with Gasteiger partial charge in [-0.3, -0.25) is 9.78 Å². The number of aromatic nitrogens is 5. The Kier molecular flexibility index (Phi) is 1.43. The number of H-pyrrole nitrogens is 1. The second-order valence-corrected chi connectivity index (χ2v) is 2.65. The minimum Gasteiger partial charge on any atom is -0.272 e. The Balaban J connectivity index is 2.48. The lowest BCUT2D eigenvalue weighted by Crippen LogP contribution is -1.92. The molecule has 2 aromatic heterocycles. The number of rotatable bonds is 1. The summed E-state index contributed by atoms with van der Waals surface area (Å²) in [5.41, 5.74) is 2.73. The molecule has 0 unspecified atom stereocenters. The van der Waals surface area contributed by atoms with Crippen molar-refractivity contribution >= 4 is 0 Å². The molecule has 0 amide bonds. The van der Waals surface area contributed by atoms with Crippen LogP contribution in [0.2, 0.25) is 0 Å². The summed E-state index contributed by atoms with van der Waals surface area (Å²) in [6.07, 6.45) is 1.72. The molecule has 0 saturated carbocycles. The van der Waals surface area contributed by atoms with Crippen LogP contribution in [-0.2, 0) is 7.05 Å². The molecule has 0 fully saturated rings. The largest absolute Gasteiger partial charge is 0.272 e. The average Bonchev–Trinajstić information content (AvgIpc) is 2.61. The van der Waals surface area contributed by atoms with Crippen molar-refractivity contribution < 1.29 is 0 Å². The zero-order chi connectivity index (χ0) is 8.55. The number of hydrogen-bond acceptors (Lipinski definition) is 3. The lowest BCUT2D eigenvalue weighted by Gasteiger charge is -1.88. The Bertz CT molecular complexity index is 353. The molecule has 0 bridgehead atoms. The van der Waals surface area contributed by atoms with Gasteiger partial charge < -0.3 is 0 Å². The van der Waals surface area contributed by atoms with Gasteiger partial charge in [-0.1, -0.05) is 5.21 Å². The van der Waals surface area contributed by atoms with Crippen LogP contribution < -0.4 is 0 Å². The van der Waals surface area contributed by atoms with Gasteiger partial charge >= 0.3 is 0 Å². The number of aromatic amines is 1. The predicted molar refractivity (Wildman–Crippen MR) is 43.3 cm³/mol. The molecular formula is C7H9N5. The molecule has 5 heteroatoms. The van der Waals surface area contributed by atoms with Gasteiger partial charge in [0.1, 0.15) is 11.4 Å². The molecule has 2 rings (SSSR count). The lowest BCUT2D eigenvalue weighted by molar-refractivity contribution is 0.742. The molecule has 0 aliphatic rings. The molecule has 0 atom stereocenters. The van der Waals surface area contributed by atoms with Crippen molar-refractivity contribution in [1.82, 2.24) is 25.2 Å². The van der Waals surface area contributed by atoms with Crippen LogP contribution >= 0.6 is 0 Å². The van der Waals surface area contributed by atoms with E-state index >= 15 is 0 Å². The van der Waals surface area contributed by atoms with Crippen molar-refractivity contribution in [3.8, 4) is 11.4 Å². The van der Waals surface area contributed by atoms with E-state index in [9.17, 15) is 0 Å². The second-order valence-electron chi connectivity index (χ2n) is 2.65. The van der Waals surface area contributed by atoms with Gasteiger partial charge in [-0.25, -0.2) is 0 Å². The molecule has 1 N–H and O–H groups in total. The fourth-order valence-electron chi connectivity index (χ4n) is 1.01. The van der Waals surface area contributed by atoms with Crippen LogP contribution in [0.15, 0.2) is 12.3 Å². The maximum atomic E-state index is 4.25. The van der Waals surface area contributed by atoms with Crippen molar-refractivity contribution in [2.45, 2.75) is 6.92 Å². The van der Waals surface area contributed by atoms with Crippen LogP contribution in [0, 0.1) is 6.92 Å². The minimum absolute atomic E-state index is 0.777. The minimum atomic E-state index is 0.777. The van der Waals surface area contributed by atoms with Gasteiger partial charge in [0, 0.05) is 12.7 Å². The van der Waals surface area contributed by atoms with E-state index in [0.29, 0.717) is 0 Å². The van der Waals surface area contributed by atoms with E-state index in [2.05, 4.69) is 20.5 Å². The number of nitrogens with one attached hydrogen (secondary N) is 1. The quantitative estimate of drug-likeness (QED) is 0.666. The first-order valence-electron chi connectivity index (χ1n) is 3.65. The van der Waals surface area contributed by atoms with E-state index in [4.69, 9.17) is 0 Å². The van der Waals surface area contributed by atoms with Crippen LogP contribution in [0.25, 0.3) is 11.4 Å². The van der Waals surface area contributed by atoms with Crippen molar-refractivity contribution in [2.75, 3.05) is 0 Å². The Morgan fingerprint density at radius 2 is 2.25 bits per heavy atom. The van der Waals surface area contributed by atoms with Crippen LogP contribution in [0.5, 0.6) is 0 Å². The van der Waals surface area contributed by atoms with E-state index < -0.39 is 0 Å². The van der Waals surface area contributed by atoms with Gasteiger partial charge in [0.05, 0.1) is 6.20 Å². The number of hydrogen-bond donors (Lipinski definition) is 1. The van der Waals surface area contributed by atoms with Crippen molar-refractivity contribution in [3.05, 3.63) is 18.0 Å². The summed E-state index contributed by atoms with van der Waals surface area (Å²) in [5, 5.41) is 14.4. The molecule has 12 heavy (non-hydrogen) atoms. The smallest absolute Gasteiger partial charge is 0.133 e. The predicted octanol–water partition coefficient (Wildman–Crippen LogP) is 0.514. The van der Waals surface area contributed by atoms with Crippen LogP contribution in [0.1, 0.15) is 5.69 Å². The molecule has 0 spiro atoms. The molecule has 2 heterocycles. The summed E-state index contributed by atoms with van der Waals surface area (Å²) in [7, 11) is 1.90. The summed E-state index contributed by atoms with van der Waals surface area (Å²) in [6.45, 7) is 2.00. The Labute approximate surface area is 69.4 Å². The Morgan fingerprint density at radius 1 is 1.42 bits per heavy atom. The zero-order valence-corrected chi connectivity index (χ0v) is 6.94. The topological polar surface area (TPSA) is 59.4 Å². The molecule has 5 nitrogen and oxygen atoms in total. The molecular weight excluding hydrogens is 154 g/mol. The molecule has 0 saturated heterocycles. The first kappa shape index (κ1) is 7.02. The standard InChI is InChI=1S/C7H9N5/c1-5-3-6(10-12(5)2)7-4-8-11-9-7/h3-4H,1-2H3,(H,8,9,11). The number of aryl methyl sites for hydroxylation is 2. The SMILES string of the molecule is Cc1cc(-c2c[nH]nn2)nn1C. The number of nitrogens with zero attached hydrogens (tertiary/aromatic N) is 4. The summed E-state index contributed by atoms with van der Waals surface area (Å²) in [5.74, 6) is 0. The second kappa shape index (κ2) is 2.44. The molecule has 62 valence electrons. The summed E-state index contributed by atoms with van der Waals surface area (Å²) in [4.78, 5) is 0. The average molecular weight is 163 g/mol. The Hall–Kier alpha value is -1.65. The van der Waals surface area contributed by atoms with E-state index in [0.717, 1.165) is 17.1 Å². The fourth-order valence-corrected chi connectivity index (χ4v) is 1.01. The van der Waals surface area contributed by atoms with Gasteiger partial charge in [0.15, 0.2) is 0 Å². The third-order valence-corrected chi connectivity index (χ3v) is 1.79. The van der Waals surface area contributed by atoms with E-state index in [1.54, 1.807) is 6.20 Å². The summed E-state index contributed by atoms with van der Waals surface area (Å²) >= 11 is 0. The van der Waals surface area contributed by atoms with Gasteiger partial charge in [-0.15, -0.1) is 5.10 Å². The van der Waals surface area contributed by atoms with Gasteiger partial charge in [-0.05, 0) is 13.0 Å². The van der Waals surface area contributed by atoms with Crippen LogP contribution in [0.3, 0.4) is 0 Å². The van der Waals surface area contributed by atoms with E-state index in [-0.39, 0.29) is 0 Å². The van der Waals surface area contributed by atoms with Gasteiger partial charge in [0.2, 0.25) is 0 Å². The van der Waals surface area contributed by atoms with Crippen LogP contribution in [-0.4, -0.2) is 25.2 Å². The van der Waals surface area contributed by atoms with Gasteiger partial charge in [-0.2, -0.15) is 5.10 Å². The zero-order valence-electron chi connectivity index (χ0n) is 6.94. The highest BCUT2D eigenvalue weighted by atomic mass is 15.3. The summed E-state index contributed by atoms with van der Waals surface area (Å²) < 4.78 is 1.81. The molecule has 0 aliphatic heterocycles. The lowest BCUT2D eigenvalue weighted by atomic mass is 10.3. The first-order valence-corrected chi connectivity index (χ1v) is 3.65. The third-order valence-electron chi connectivity index (χ3n) is 1.79. The maximum absolute atomic E-state index is 4.25. The highest BCUT2D eigenvalue weighted by Gasteiger charge is 2.05. The first-order chi connectivity index (χ1) is 5.77. The monoisotopic (exact) mass is 163 g/mol. The van der Waals surface area contributed by atoms with Gasteiger partial charge in [0.25, 0.3) is 0 Å². The maximum Gasteiger partial charge on any atom is 0.133 e. The molecule has 2 aromatic rings. The molecule has 0 aromatic carbocycles. The highest BCUT2D eigenvalue weighted by molar-refractivity contribution is 5.52. The summed E-state index contributed by atoms with van der Waals surface area (Å²) in [6, 6.07) is 1.97. The van der Waals surface area contributed by atoms with Crippen molar-refractivity contribution in [1.29, 1.82) is 0 Å². The molecule has 0 radical (unpaired) electrons. The highest BCUT2D eigenvalue weighted by Crippen LogP contribution is 2.13.